The van der Waals surface area contributed by atoms with Crippen LogP contribution in [-0.2, 0) is 4.79 Å². The number of piperidine rings is 1. The number of anilines is 2. The first-order chi connectivity index (χ1) is 13.6. The van der Waals surface area contributed by atoms with Crippen LogP contribution in [-0.4, -0.2) is 38.7 Å². The summed E-state index contributed by atoms with van der Waals surface area (Å²) in [5, 5.41) is 11.8. The van der Waals surface area contributed by atoms with Crippen molar-refractivity contribution in [2.75, 3.05) is 23.3 Å². The molecule has 1 aliphatic heterocycles. The third-order valence-corrected chi connectivity index (χ3v) is 5.11. The van der Waals surface area contributed by atoms with Crippen LogP contribution in [0.4, 0.5) is 11.5 Å². The zero-order valence-corrected chi connectivity index (χ0v) is 16.2. The summed E-state index contributed by atoms with van der Waals surface area (Å²) >= 11 is 0. The Labute approximate surface area is 164 Å². The van der Waals surface area contributed by atoms with Crippen LogP contribution in [0.5, 0.6) is 0 Å². The topological polar surface area (TPSA) is 75.9 Å². The Morgan fingerprint density at radius 1 is 1.14 bits per heavy atom. The molecule has 2 aromatic heterocycles. The van der Waals surface area contributed by atoms with Crippen molar-refractivity contribution in [3.63, 3.8) is 0 Å². The molecule has 1 saturated heterocycles. The van der Waals surface area contributed by atoms with Crippen molar-refractivity contribution in [2.24, 2.45) is 5.92 Å². The lowest BCUT2D eigenvalue weighted by molar-refractivity contribution is -0.120. The number of hydrogen-bond acceptors (Lipinski definition) is 5. The highest BCUT2D eigenvalue weighted by molar-refractivity contribution is 5.93. The van der Waals surface area contributed by atoms with Gasteiger partial charge in [-0.05, 0) is 56.5 Å². The minimum atomic E-state index is -0.0633. The summed E-state index contributed by atoms with van der Waals surface area (Å²) in [6.45, 7) is 5.48. The zero-order valence-electron chi connectivity index (χ0n) is 16.2. The van der Waals surface area contributed by atoms with E-state index in [2.05, 4.69) is 25.4 Å². The zero-order chi connectivity index (χ0) is 19.5. The first kappa shape index (κ1) is 18.2. The second-order valence-electron chi connectivity index (χ2n) is 7.24. The monoisotopic (exact) mass is 376 g/mol. The Bertz CT molecular complexity index is 965. The molecular formula is C21H24N6O. The average Bonchev–Trinajstić information content (AvgIpc) is 3.14. The van der Waals surface area contributed by atoms with Gasteiger partial charge >= 0.3 is 0 Å². The molecule has 0 radical (unpaired) electrons. The van der Waals surface area contributed by atoms with Crippen LogP contribution in [0.3, 0.4) is 0 Å². The third kappa shape index (κ3) is 3.88. The summed E-state index contributed by atoms with van der Waals surface area (Å²) in [6.07, 6.45) is 5.45. The van der Waals surface area contributed by atoms with Gasteiger partial charge in [0.2, 0.25) is 5.91 Å². The highest BCUT2D eigenvalue weighted by Gasteiger charge is 2.27. The van der Waals surface area contributed by atoms with Crippen molar-refractivity contribution in [3.8, 4) is 5.82 Å². The molecule has 0 bridgehead atoms. The van der Waals surface area contributed by atoms with Gasteiger partial charge in [0.1, 0.15) is 5.82 Å². The van der Waals surface area contributed by atoms with Crippen molar-refractivity contribution >= 4 is 17.4 Å². The molecule has 0 aliphatic carbocycles. The Hall–Kier alpha value is -3.22. The van der Waals surface area contributed by atoms with Gasteiger partial charge in [0.15, 0.2) is 11.6 Å². The summed E-state index contributed by atoms with van der Waals surface area (Å²) in [5.41, 5.74) is 1.98. The number of benzene rings is 1. The fourth-order valence-electron chi connectivity index (χ4n) is 3.60. The van der Waals surface area contributed by atoms with Gasteiger partial charge in [-0.1, -0.05) is 12.1 Å². The fraction of sp³-hybridized carbons (Fsp3) is 0.333. The van der Waals surface area contributed by atoms with E-state index in [-0.39, 0.29) is 11.8 Å². The van der Waals surface area contributed by atoms with E-state index in [1.807, 2.05) is 61.0 Å². The van der Waals surface area contributed by atoms with Crippen molar-refractivity contribution in [1.82, 2.24) is 19.7 Å². The second-order valence-corrected chi connectivity index (χ2v) is 7.24. The quantitative estimate of drug-likeness (QED) is 0.757. The number of nitrogens with one attached hydrogen (secondary N) is 1. The molecule has 3 aromatic rings. The van der Waals surface area contributed by atoms with E-state index < -0.39 is 0 Å². The van der Waals surface area contributed by atoms with Crippen LogP contribution in [0.1, 0.15) is 24.2 Å². The number of nitrogens with zero attached hydrogens (tertiary/aromatic N) is 5. The molecule has 0 saturated carbocycles. The molecule has 1 amide bonds. The smallest absolute Gasteiger partial charge is 0.229 e. The average molecular weight is 376 g/mol. The molecule has 7 nitrogen and oxygen atoms in total. The SMILES string of the molecule is Cc1cccc(NC(=O)C2CCCN(c3ccc(-n4ccnc4C)nn3)C2)c1. The molecule has 1 unspecified atom stereocenters. The number of carbonyl (C=O) groups excluding carboxylic acids is 1. The van der Waals surface area contributed by atoms with Crippen molar-refractivity contribution in [3.05, 3.63) is 60.2 Å². The number of amides is 1. The molecular weight excluding hydrogens is 352 g/mol. The van der Waals surface area contributed by atoms with E-state index in [1.165, 1.54) is 0 Å². The summed E-state index contributed by atoms with van der Waals surface area (Å²) in [5.74, 6) is 2.41. The number of hydrogen-bond donors (Lipinski definition) is 1. The van der Waals surface area contributed by atoms with Crippen LogP contribution in [0, 0.1) is 19.8 Å². The highest BCUT2D eigenvalue weighted by Crippen LogP contribution is 2.23. The van der Waals surface area contributed by atoms with Gasteiger partial charge in [-0.3, -0.25) is 9.36 Å². The van der Waals surface area contributed by atoms with Crippen LogP contribution in [0.2, 0.25) is 0 Å². The van der Waals surface area contributed by atoms with Crippen LogP contribution < -0.4 is 10.2 Å². The molecule has 1 atom stereocenters. The van der Waals surface area contributed by atoms with Gasteiger partial charge in [-0.15, -0.1) is 10.2 Å². The summed E-state index contributed by atoms with van der Waals surface area (Å²) in [6, 6.07) is 11.8. The van der Waals surface area contributed by atoms with Gasteiger partial charge in [0.25, 0.3) is 0 Å². The molecule has 3 heterocycles. The Kier molecular flexibility index (Phi) is 5.06. The van der Waals surface area contributed by atoms with Gasteiger partial charge < -0.3 is 10.2 Å². The Morgan fingerprint density at radius 2 is 1.96 bits per heavy atom. The van der Waals surface area contributed by atoms with Crippen LogP contribution in [0.15, 0.2) is 48.8 Å². The maximum absolute atomic E-state index is 12.7. The van der Waals surface area contributed by atoms with Crippen molar-refractivity contribution in [1.29, 1.82) is 0 Å². The molecule has 1 fully saturated rings. The normalized spacial score (nSPS) is 16.8. The first-order valence-corrected chi connectivity index (χ1v) is 9.57. The maximum atomic E-state index is 12.7. The lowest BCUT2D eigenvalue weighted by atomic mass is 9.97. The van der Waals surface area contributed by atoms with Crippen molar-refractivity contribution in [2.45, 2.75) is 26.7 Å². The number of aromatic nitrogens is 4. The predicted molar refractivity (Wildman–Crippen MR) is 109 cm³/mol. The Morgan fingerprint density at radius 3 is 2.68 bits per heavy atom. The standard InChI is InChI=1S/C21H24N6O/c1-15-5-3-7-18(13-15)23-21(28)17-6-4-11-26(14-17)19-8-9-20(25-24-19)27-12-10-22-16(27)2/h3,5,7-10,12-13,17H,4,6,11,14H2,1-2H3,(H,23,28). The van der Waals surface area contributed by atoms with E-state index in [1.54, 1.807) is 6.20 Å². The first-order valence-electron chi connectivity index (χ1n) is 9.57. The molecule has 1 N–H and O–H groups in total. The number of rotatable bonds is 4. The lowest BCUT2D eigenvalue weighted by Gasteiger charge is -2.32. The number of aryl methyl sites for hydroxylation is 2. The van der Waals surface area contributed by atoms with Gasteiger partial charge in [-0.25, -0.2) is 4.98 Å². The van der Waals surface area contributed by atoms with Crippen molar-refractivity contribution < 1.29 is 4.79 Å². The summed E-state index contributed by atoms with van der Waals surface area (Å²) in [4.78, 5) is 19.1. The largest absolute Gasteiger partial charge is 0.354 e. The van der Waals surface area contributed by atoms with Crippen LogP contribution >= 0.6 is 0 Å². The molecule has 7 heteroatoms. The van der Waals surface area contributed by atoms with E-state index in [9.17, 15) is 4.79 Å². The Balaban J connectivity index is 1.43. The second kappa shape index (κ2) is 7.80. The minimum Gasteiger partial charge on any atom is -0.354 e. The predicted octanol–water partition coefficient (Wildman–Crippen LogP) is 3.13. The van der Waals surface area contributed by atoms with Crippen LogP contribution in [0.25, 0.3) is 5.82 Å². The fourth-order valence-corrected chi connectivity index (χ4v) is 3.60. The van der Waals surface area contributed by atoms with E-state index in [0.717, 1.165) is 48.1 Å². The molecule has 1 aromatic carbocycles. The summed E-state index contributed by atoms with van der Waals surface area (Å²) < 4.78 is 1.89. The third-order valence-electron chi connectivity index (χ3n) is 5.11. The van der Waals surface area contributed by atoms with E-state index in [0.29, 0.717) is 6.54 Å². The minimum absolute atomic E-state index is 0.0633. The maximum Gasteiger partial charge on any atom is 0.229 e. The summed E-state index contributed by atoms with van der Waals surface area (Å²) in [7, 11) is 0. The molecule has 1 aliphatic rings. The number of carbonyl (C=O) groups is 1. The molecule has 0 spiro atoms. The van der Waals surface area contributed by atoms with E-state index >= 15 is 0 Å². The molecule has 144 valence electrons. The van der Waals surface area contributed by atoms with E-state index in [4.69, 9.17) is 0 Å². The molecule has 4 rings (SSSR count). The van der Waals surface area contributed by atoms with Gasteiger partial charge in [0.05, 0.1) is 5.92 Å². The highest BCUT2D eigenvalue weighted by atomic mass is 16.1. The van der Waals surface area contributed by atoms with Gasteiger partial charge in [0, 0.05) is 31.2 Å². The molecule has 28 heavy (non-hydrogen) atoms. The van der Waals surface area contributed by atoms with Gasteiger partial charge in [-0.2, -0.15) is 0 Å². The lowest BCUT2D eigenvalue weighted by Crippen LogP contribution is -2.41. The number of imidazole rings is 1.